The van der Waals surface area contributed by atoms with E-state index in [9.17, 15) is 0 Å². The van der Waals surface area contributed by atoms with Gasteiger partial charge in [-0.25, -0.2) is 15.4 Å². The van der Waals surface area contributed by atoms with Crippen LogP contribution in [0.15, 0.2) is 63.9 Å². The molecule has 2 aromatic heterocycles. The summed E-state index contributed by atoms with van der Waals surface area (Å²) < 4.78 is 0. The first-order valence-corrected chi connectivity index (χ1v) is 8.21. The molecule has 0 bridgehead atoms. The topological polar surface area (TPSA) is 110 Å². The van der Waals surface area contributed by atoms with Crippen molar-refractivity contribution in [2.45, 2.75) is 13.8 Å². The van der Waals surface area contributed by atoms with Gasteiger partial charge in [0.15, 0.2) is 0 Å². The van der Waals surface area contributed by atoms with Gasteiger partial charge in [0, 0.05) is 0 Å². The first kappa shape index (κ1) is 19.7. The smallest absolute Gasteiger partial charge is 0.348 e. The number of aromatic nitrogens is 2. The lowest BCUT2D eigenvalue weighted by molar-refractivity contribution is 0.303. The molecule has 0 saturated carbocycles. The van der Waals surface area contributed by atoms with E-state index in [1.165, 1.54) is 12.4 Å². The van der Waals surface area contributed by atoms with Crippen molar-refractivity contribution in [3.05, 3.63) is 71.3 Å². The van der Waals surface area contributed by atoms with Gasteiger partial charge in [-0.15, -0.1) is 0 Å². The summed E-state index contributed by atoms with van der Waals surface area (Å²) in [5, 5.41) is 11.7. The minimum Gasteiger partial charge on any atom is -0.370 e. The fourth-order valence-corrected chi connectivity index (χ4v) is 1.98. The number of rotatable bonds is 6. The number of hydrogen-bond acceptors (Lipinski definition) is 7. The molecule has 0 aliphatic rings. The van der Waals surface area contributed by atoms with Crippen LogP contribution in [0.5, 0.6) is 0 Å². The molecule has 0 amide bonds. The highest BCUT2D eigenvalue weighted by atomic mass is 16.6. The summed E-state index contributed by atoms with van der Waals surface area (Å²) >= 11 is 0. The first-order chi connectivity index (χ1) is 13.2. The zero-order valence-electron chi connectivity index (χ0n) is 15.1. The Labute approximate surface area is 157 Å². The van der Waals surface area contributed by atoms with E-state index in [2.05, 4.69) is 35.5 Å². The van der Waals surface area contributed by atoms with Gasteiger partial charge >= 0.3 is 6.02 Å². The van der Waals surface area contributed by atoms with Gasteiger partial charge in [-0.1, -0.05) is 29.4 Å². The lowest BCUT2D eigenvalue weighted by atomic mass is 10.3. The second kappa shape index (κ2) is 11.1. The van der Waals surface area contributed by atoms with E-state index in [-0.39, 0.29) is 6.02 Å². The second-order valence-corrected chi connectivity index (χ2v) is 5.11. The Bertz CT molecular complexity index is 885. The minimum absolute atomic E-state index is 0.0725. The first-order valence-electron chi connectivity index (χ1n) is 8.21. The highest BCUT2D eigenvalue weighted by molar-refractivity contribution is 5.81. The standard InChI is InChI=1S/C19H21N7O/c1-3-7-15-9-5-11-17(23-15)13-21-25-19(27-20)26-22-14-18-12-6-10-16(24-18)8-4-2/h3-14H,20H2,1-2H3,(H,25,26)/b7-3-,8-4-,21-13+,22-14+. The van der Waals surface area contributed by atoms with Gasteiger partial charge in [-0.2, -0.15) is 16.1 Å². The number of nitrogens with zero attached hydrogens (tertiary/aromatic N) is 5. The van der Waals surface area contributed by atoms with Crippen LogP contribution in [0.25, 0.3) is 12.2 Å². The average molecular weight is 363 g/mol. The maximum atomic E-state index is 5.17. The van der Waals surface area contributed by atoms with Gasteiger partial charge < -0.3 is 4.84 Å². The Morgan fingerprint density at radius 1 is 0.926 bits per heavy atom. The zero-order chi connectivity index (χ0) is 19.3. The fraction of sp³-hybridized carbons (Fsp3) is 0.105. The van der Waals surface area contributed by atoms with Crippen LogP contribution in [0.4, 0.5) is 0 Å². The summed E-state index contributed by atoms with van der Waals surface area (Å²) in [5.74, 6) is 5.17. The highest BCUT2D eigenvalue weighted by Crippen LogP contribution is 2.00. The molecule has 27 heavy (non-hydrogen) atoms. The molecule has 0 aliphatic heterocycles. The molecule has 8 heteroatoms. The van der Waals surface area contributed by atoms with Crippen LogP contribution in [0.3, 0.4) is 0 Å². The summed E-state index contributed by atoms with van der Waals surface area (Å²) in [5.41, 5.74) is 5.54. The van der Waals surface area contributed by atoms with Crippen molar-refractivity contribution in [1.29, 1.82) is 0 Å². The lowest BCUT2D eigenvalue weighted by Gasteiger charge is -2.00. The zero-order valence-corrected chi connectivity index (χ0v) is 15.1. The quantitative estimate of drug-likeness (QED) is 0.466. The normalized spacial score (nSPS) is 12.6. The molecule has 0 saturated heterocycles. The number of pyridine rings is 2. The van der Waals surface area contributed by atoms with Gasteiger partial charge in [0.2, 0.25) is 0 Å². The Kier molecular flexibility index (Phi) is 8.06. The molecule has 0 aromatic carbocycles. The lowest BCUT2D eigenvalue weighted by Crippen LogP contribution is -2.24. The van der Waals surface area contributed by atoms with E-state index in [1.54, 1.807) is 0 Å². The van der Waals surface area contributed by atoms with Gasteiger partial charge in [0.05, 0.1) is 35.2 Å². The van der Waals surface area contributed by atoms with E-state index in [4.69, 9.17) is 5.90 Å². The number of hydrogen-bond donors (Lipinski definition) is 2. The van der Waals surface area contributed by atoms with Crippen molar-refractivity contribution < 1.29 is 4.84 Å². The summed E-state index contributed by atoms with van der Waals surface area (Å²) in [6, 6.07) is 11.1. The van der Waals surface area contributed by atoms with Crippen molar-refractivity contribution >= 4 is 30.6 Å². The van der Waals surface area contributed by atoms with Gasteiger partial charge in [0.25, 0.3) is 0 Å². The van der Waals surface area contributed by atoms with Crippen LogP contribution in [0.1, 0.15) is 36.6 Å². The highest BCUT2D eigenvalue weighted by Gasteiger charge is 1.96. The molecule has 0 radical (unpaired) electrons. The Morgan fingerprint density at radius 2 is 1.48 bits per heavy atom. The van der Waals surface area contributed by atoms with Crippen molar-refractivity contribution in [3.8, 4) is 0 Å². The molecule has 2 heterocycles. The third-order valence-corrected chi connectivity index (χ3v) is 3.07. The summed E-state index contributed by atoms with van der Waals surface area (Å²) in [4.78, 5) is 13.3. The molecule has 8 nitrogen and oxygen atoms in total. The van der Waals surface area contributed by atoms with E-state index in [0.717, 1.165) is 11.4 Å². The van der Waals surface area contributed by atoms with Crippen LogP contribution in [0.2, 0.25) is 0 Å². The molecule has 0 aliphatic carbocycles. The van der Waals surface area contributed by atoms with E-state index < -0.39 is 0 Å². The largest absolute Gasteiger partial charge is 0.370 e. The maximum Gasteiger partial charge on any atom is 0.348 e. The van der Waals surface area contributed by atoms with Crippen molar-refractivity contribution in [3.63, 3.8) is 0 Å². The molecule has 0 atom stereocenters. The number of amidine groups is 1. The number of nitrogens with one attached hydrogen (secondary N) is 1. The predicted molar refractivity (Wildman–Crippen MR) is 109 cm³/mol. The van der Waals surface area contributed by atoms with Gasteiger partial charge in [-0.3, -0.25) is 0 Å². The molecular formula is C19H21N7O. The molecule has 0 unspecified atom stereocenters. The summed E-state index contributed by atoms with van der Waals surface area (Å²) in [6.07, 6.45) is 10.6. The summed E-state index contributed by atoms with van der Waals surface area (Å²) in [7, 11) is 0. The molecule has 0 spiro atoms. The molecular weight excluding hydrogens is 342 g/mol. The molecule has 0 fully saturated rings. The Balaban J connectivity index is 2.00. The van der Waals surface area contributed by atoms with Crippen molar-refractivity contribution in [2.75, 3.05) is 0 Å². The van der Waals surface area contributed by atoms with Crippen LogP contribution < -0.4 is 11.3 Å². The molecule has 138 valence electrons. The average Bonchev–Trinajstić information content (AvgIpc) is 2.68. The monoisotopic (exact) mass is 363 g/mol. The Morgan fingerprint density at radius 3 is 2.04 bits per heavy atom. The van der Waals surface area contributed by atoms with Crippen molar-refractivity contribution in [1.82, 2.24) is 15.4 Å². The summed E-state index contributed by atoms with van der Waals surface area (Å²) in [6.45, 7) is 3.86. The van der Waals surface area contributed by atoms with E-state index >= 15 is 0 Å². The van der Waals surface area contributed by atoms with Crippen LogP contribution in [-0.2, 0) is 4.84 Å². The van der Waals surface area contributed by atoms with Crippen LogP contribution >= 0.6 is 0 Å². The third-order valence-electron chi connectivity index (χ3n) is 3.07. The minimum atomic E-state index is -0.0725. The van der Waals surface area contributed by atoms with Gasteiger partial charge in [-0.05, 0) is 50.3 Å². The molecule has 2 aromatic rings. The number of allylic oxidation sites excluding steroid dienone is 2. The number of nitrogens with two attached hydrogens (primary N) is 1. The van der Waals surface area contributed by atoms with E-state index in [0.29, 0.717) is 11.4 Å². The molecule has 2 rings (SSSR count). The SMILES string of the molecule is C/C=C\c1cccc(/C=N/N=C(\N/N=C/c2cccc(/C=C\C)n2)ON)n1. The van der Waals surface area contributed by atoms with Gasteiger partial charge in [0.1, 0.15) is 0 Å². The predicted octanol–water partition coefficient (Wildman–Crippen LogP) is 2.75. The van der Waals surface area contributed by atoms with Crippen LogP contribution in [-0.4, -0.2) is 28.4 Å². The molecule has 3 N–H and O–H groups in total. The number of hydrazone groups is 1. The van der Waals surface area contributed by atoms with E-state index in [1.807, 2.05) is 74.5 Å². The second-order valence-electron chi connectivity index (χ2n) is 5.11. The van der Waals surface area contributed by atoms with Crippen LogP contribution in [0, 0.1) is 0 Å². The Hall–Kier alpha value is -3.65. The maximum absolute atomic E-state index is 5.17. The fourth-order valence-electron chi connectivity index (χ4n) is 1.98. The third kappa shape index (κ3) is 7.00. The van der Waals surface area contributed by atoms with Crippen molar-refractivity contribution in [2.24, 2.45) is 21.2 Å².